The fourth-order valence-electron chi connectivity index (χ4n) is 1.80. The lowest BCUT2D eigenvalue weighted by Crippen LogP contribution is -2.29. The van der Waals surface area contributed by atoms with Crippen LogP contribution in [0.15, 0.2) is 53.0 Å². The number of carbonyl (C=O) groups is 2. The van der Waals surface area contributed by atoms with Gasteiger partial charge in [0.25, 0.3) is 5.91 Å². The number of carbonyl (C=O) groups excluding carboxylic acids is 2. The molecule has 0 aromatic heterocycles. The zero-order valence-electron chi connectivity index (χ0n) is 11.0. The van der Waals surface area contributed by atoms with Gasteiger partial charge in [-0.3, -0.25) is 9.59 Å². The van der Waals surface area contributed by atoms with Crippen molar-refractivity contribution in [3.63, 3.8) is 0 Å². The Balaban J connectivity index is 2.03. The van der Waals surface area contributed by atoms with Crippen molar-refractivity contribution in [3.8, 4) is 0 Å². The van der Waals surface area contributed by atoms with Crippen LogP contribution in [-0.4, -0.2) is 18.2 Å². The highest BCUT2D eigenvalue weighted by Crippen LogP contribution is 2.20. The Labute approximate surface area is 126 Å². The average molecular weight is 332 g/mol. The standard InChI is InChI=1S/C16H14BrNO2/c1-11-6-5-9-13(15(11)17)16(20)18-10-14(19)12-7-3-2-4-8-12/h2-9H,10H2,1H3,(H,18,20). The van der Waals surface area contributed by atoms with Crippen LogP contribution in [0.3, 0.4) is 0 Å². The highest BCUT2D eigenvalue weighted by Gasteiger charge is 2.13. The molecule has 0 unspecified atom stereocenters. The first-order chi connectivity index (χ1) is 9.59. The second-order valence-electron chi connectivity index (χ2n) is 4.41. The number of hydrogen-bond acceptors (Lipinski definition) is 2. The number of Topliss-reactive ketones (excluding diaryl/α,β-unsaturated/α-hetero) is 1. The highest BCUT2D eigenvalue weighted by atomic mass is 79.9. The number of hydrogen-bond donors (Lipinski definition) is 1. The molecule has 2 aromatic rings. The zero-order chi connectivity index (χ0) is 14.5. The summed E-state index contributed by atoms with van der Waals surface area (Å²) in [6.45, 7) is 1.90. The molecule has 20 heavy (non-hydrogen) atoms. The third-order valence-corrected chi connectivity index (χ3v) is 3.99. The van der Waals surface area contributed by atoms with E-state index in [-0.39, 0.29) is 18.2 Å². The third kappa shape index (κ3) is 3.33. The van der Waals surface area contributed by atoms with Crippen molar-refractivity contribution in [2.75, 3.05) is 6.54 Å². The van der Waals surface area contributed by atoms with E-state index in [2.05, 4.69) is 21.2 Å². The van der Waals surface area contributed by atoms with Crippen LogP contribution in [0.1, 0.15) is 26.3 Å². The normalized spacial score (nSPS) is 10.1. The molecule has 3 nitrogen and oxygen atoms in total. The fourth-order valence-corrected chi connectivity index (χ4v) is 2.25. The molecular weight excluding hydrogens is 318 g/mol. The number of ketones is 1. The Bertz CT molecular complexity index is 638. The molecule has 0 aliphatic heterocycles. The average Bonchev–Trinajstić information content (AvgIpc) is 2.48. The van der Waals surface area contributed by atoms with Crippen molar-refractivity contribution in [2.24, 2.45) is 0 Å². The molecule has 4 heteroatoms. The van der Waals surface area contributed by atoms with Gasteiger partial charge in [-0.2, -0.15) is 0 Å². The van der Waals surface area contributed by atoms with Gasteiger partial charge in [0.05, 0.1) is 12.1 Å². The number of halogens is 1. The summed E-state index contributed by atoms with van der Waals surface area (Å²) in [5.74, 6) is -0.368. The highest BCUT2D eigenvalue weighted by molar-refractivity contribution is 9.10. The quantitative estimate of drug-likeness (QED) is 0.873. The number of rotatable bonds is 4. The van der Waals surface area contributed by atoms with Crippen LogP contribution in [0.25, 0.3) is 0 Å². The molecule has 0 radical (unpaired) electrons. The number of benzene rings is 2. The Kier molecular flexibility index (Phi) is 4.69. The maximum Gasteiger partial charge on any atom is 0.252 e. The van der Waals surface area contributed by atoms with Crippen molar-refractivity contribution >= 4 is 27.6 Å². The van der Waals surface area contributed by atoms with Crippen LogP contribution in [-0.2, 0) is 0 Å². The van der Waals surface area contributed by atoms with E-state index in [9.17, 15) is 9.59 Å². The first-order valence-corrected chi connectivity index (χ1v) is 7.00. The van der Waals surface area contributed by atoms with E-state index in [0.717, 1.165) is 10.0 Å². The fraction of sp³-hybridized carbons (Fsp3) is 0.125. The maximum absolute atomic E-state index is 12.1. The summed E-state index contributed by atoms with van der Waals surface area (Å²) in [5.41, 5.74) is 2.11. The van der Waals surface area contributed by atoms with Gasteiger partial charge in [0.15, 0.2) is 5.78 Å². The van der Waals surface area contributed by atoms with Gasteiger partial charge in [-0.15, -0.1) is 0 Å². The molecular formula is C16H14BrNO2. The molecule has 102 valence electrons. The van der Waals surface area contributed by atoms with Gasteiger partial charge in [0.1, 0.15) is 0 Å². The summed E-state index contributed by atoms with van der Waals surface area (Å²) in [6.07, 6.45) is 0. The molecule has 0 saturated carbocycles. The van der Waals surface area contributed by atoms with Crippen molar-refractivity contribution in [3.05, 3.63) is 69.7 Å². The second kappa shape index (κ2) is 6.48. The molecule has 0 heterocycles. The summed E-state index contributed by atoms with van der Waals surface area (Å²) in [6, 6.07) is 14.4. The largest absolute Gasteiger partial charge is 0.345 e. The van der Waals surface area contributed by atoms with E-state index in [1.165, 1.54) is 0 Å². The van der Waals surface area contributed by atoms with E-state index >= 15 is 0 Å². The van der Waals surface area contributed by atoms with E-state index < -0.39 is 0 Å². The first kappa shape index (κ1) is 14.5. The molecule has 0 saturated heterocycles. The number of amides is 1. The summed E-state index contributed by atoms with van der Waals surface area (Å²) in [5, 5.41) is 2.65. The van der Waals surface area contributed by atoms with E-state index in [1.807, 2.05) is 25.1 Å². The minimum absolute atomic E-state index is 0.0107. The smallest absolute Gasteiger partial charge is 0.252 e. The monoisotopic (exact) mass is 331 g/mol. The molecule has 0 aliphatic carbocycles. The van der Waals surface area contributed by atoms with E-state index in [0.29, 0.717) is 11.1 Å². The second-order valence-corrected chi connectivity index (χ2v) is 5.20. The SMILES string of the molecule is Cc1cccc(C(=O)NCC(=O)c2ccccc2)c1Br. The van der Waals surface area contributed by atoms with Crippen LogP contribution in [0.4, 0.5) is 0 Å². The molecule has 0 fully saturated rings. The lowest BCUT2D eigenvalue weighted by Gasteiger charge is -2.08. The van der Waals surface area contributed by atoms with Gasteiger partial charge < -0.3 is 5.32 Å². The minimum atomic E-state index is -0.259. The minimum Gasteiger partial charge on any atom is -0.345 e. The molecule has 0 aliphatic rings. The van der Waals surface area contributed by atoms with Crippen LogP contribution < -0.4 is 5.32 Å². The molecule has 0 atom stereocenters. The molecule has 0 bridgehead atoms. The summed E-state index contributed by atoms with van der Waals surface area (Å²) in [7, 11) is 0. The van der Waals surface area contributed by atoms with Gasteiger partial charge in [-0.25, -0.2) is 0 Å². The maximum atomic E-state index is 12.1. The van der Waals surface area contributed by atoms with Crippen molar-refractivity contribution in [2.45, 2.75) is 6.92 Å². The van der Waals surface area contributed by atoms with Gasteiger partial charge >= 0.3 is 0 Å². The van der Waals surface area contributed by atoms with Gasteiger partial charge in [0, 0.05) is 10.0 Å². The summed E-state index contributed by atoms with van der Waals surface area (Å²) < 4.78 is 0.754. The topological polar surface area (TPSA) is 46.2 Å². The molecule has 2 rings (SSSR count). The summed E-state index contributed by atoms with van der Waals surface area (Å²) >= 11 is 3.39. The molecule has 2 aromatic carbocycles. The van der Waals surface area contributed by atoms with Crippen molar-refractivity contribution < 1.29 is 9.59 Å². The zero-order valence-corrected chi connectivity index (χ0v) is 12.6. The number of aryl methyl sites for hydroxylation is 1. The van der Waals surface area contributed by atoms with Crippen molar-refractivity contribution in [1.82, 2.24) is 5.32 Å². The Morgan fingerprint density at radius 1 is 1.05 bits per heavy atom. The molecule has 0 spiro atoms. The Hall–Kier alpha value is -1.94. The molecule has 1 amide bonds. The van der Waals surface area contributed by atoms with Gasteiger partial charge in [-0.05, 0) is 34.5 Å². The first-order valence-electron chi connectivity index (χ1n) is 6.21. The third-order valence-electron chi connectivity index (χ3n) is 2.94. The molecule has 1 N–H and O–H groups in total. The van der Waals surface area contributed by atoms with E-state index in [1.54, 1.807) is 30.3 Å². The lowest BCUT2D eigenvalue weighted by molar-refractivity contribution is 0.0903. The van der Waals surface area contributed by atoms with Crippen LogP contribution in [0, 0.1) is 6.92 Å². The number of nitrogens with one attached hydrogen (secondary N) is 1. The van der Waals surface area contributed by atoms with Crippen LogP contribution in [0.2, 0.25) is 0 Å². The predicted octanol–water partition coefficient (Wildman–Crippen LogP) is 3.37. The summed E-state index contributed by atoms with van der Waals surface area (Å²) in [4.78, 5) is 24.0. The van der Waals surface area contributed by atoms with Crippen LogP contribution in [0.5, 0.6) is 0 Å². The predicted molar refractivity (Wildman–Crippen MR) is 82.0 cm³/mol. The Morgan fingerprint density at radius 2 is 1.75 bits per heavy atom. The van der Waals surface area contributed by atoms with Crippen molar-refractivity contribution in [1.29, 1.82) is 0 Å². The van der Waals surface area contributed by atoms with Gasteiger partial charge in [0.2, 0.25) is 0 Å². The van der Waals surface area contributed by atoms with E-state index in [4.69, 9.17) is 0 Å². The Morgan fingerprint density at radius 3 is 2.45 bits per heavy atom. The van der Waals surface area contributed by atoms with Gasteiger partial charge in [-0.1, -0.05) is 42.5 Å². The van der Waals surface area contributed by atoms with Crippen LogP contribution >= 0.6 is 15.9 Å². The lowest BCUT2D eigenvalue weighted by atomic mass is 10.1.